The summed E-state index contributed by atoms with van der Waals surface area (Å²) in [5, 5.41) is 29.0. The van der Waals surface area contributed by atoms with E-state index >= 15 is 0 Å². The molecule has 0 bridgehead atoms. The van der Waals surface area contributed by atoms with Gasteiger partial charge in [-0.1, -0.05) is 11.6 Å². The van der Waals surface area contributed by atoms with Crippen LogP contribution in [0.5, 0.6) is 5.75 Å². The van der Waals surface area contributed by atoms with Gasteiger partial charge >= 0.3 is 6.18 Å². The predicted octanol–water partition coefficient (Wildman–Crippen LogP) is 2.88. The Kier molecular flexibility index (Phi) is 4.20. The molecule has 0 aliphatic carbocycles. The third-order valence-electron chi connectivity index (χ3n) is 1.89. The van der Waals surface area contributed by atoms with E-state index in [0.717, 1.165) is 0 Å². The van der Waals surface area contributed by atoms with Crippen LogP contribution in [-0.4, -0.2) is 10.8 Å². The molecule has 0 atom stereocenters. The van der Waals surface area contributed by atoms with Crippen LogP contribution in [0.2, 0.25) is 5.02 Å². The first kappa shape index (κ1) is 14.6. The van der Waals surface area contributed by atoms with Crippen LogP contribution in [0.4, 0.5) is 18.9 Å². The van der Waals surface area contributed by atoms with Gasteiger partial charge in [-0.15, -0.1) is 0 Å². The zero-order valence-electron chi connectivity index (χ0n) is 8.96. The molecule has 19 heavy (non-hydrogen) atoms. The SMILES string of the molecule is N#CC(C#N)=NNc1c(O)cc(C(F)(F)F)cc1Cl. The van der Waals surface area contributed by atoms with E-state index < -0.39 is 28.2 Å². The number of hydrogen-bond donors (Lipinski definition) is 2. The zero-order chi connectivity index (χ0) is 14.6. The van der Waals surface area contributed by atoms with Crippen molar-refractivity contribution in [2.75, 3.05) is 5.43 Å². The van der Waals surface area contributed by atoms with Crippen LogP contribution in [0.25, 0.3) is 0 Å². The molecule has 0 radical (unpaired) electrons. The van der Waals surface area contributed by atoms with Gasteiger partial charge < -0.3 is 5.11 Å². The van der Waals surface area contributed by atoms with Crippen LogP contribution in [0.3, 0.4) is 0 Å². The van der Waals surface area contributed by atoms with Crippen LogP contribution in [0.15, 0.2) is 17.2 Å². The highest BCUT2D eigenvalue weighted by molar-refractivity contribution is 6.33. The highest BCUT2D eigenvalue weighted by Crippen LogP contribution is 2.39. The summed E-state index contributed by atoms with van der Waals surface area (Å²) in [5.74, 6) is -0.807. The van der Waals surface area contributed by atoms with Gasteiger partial charge in [0.1, 0.15) is 23.6 Å². The molecule has 0 unspecified atom stereocenters. The van der Waals surface area contributed by atoms with E-state index in [1.807, 2.05) is 0 Å². The molecule has 1 aromatic carbocycles. The van der Waals surface area contributed by atoms with Gasteiger partial charge in [0.25, 0.3) is 0 Å². The van der Waals surface area contributed by atoms with Crippen LogP contribution in [-0.2, 0) is 6.18 Å². The van der Waals surface area contributed by atoms with Crippen molar-refractivity contribution in [1.82, 2.24) is 0 Å². The van der Waals surface area contributed by atoms with E-state index in [2.05, 4.69) is 10.5 Å². The number of nitriles is 2. The minimum absolute atomic E-state index is 0.335. The van der Waals surface area contributed by atoms with Crippen molar-refractivity contribution < 1.29 is 18.3 Å². The summed E-state index contributed by atoms with van der Waals surface area (Å²) >= 11 is 5.55. The third kappa shape index (κ3) is 3.50. The largest absolute Gasteiger partial charge is 0.506 e. The van der Waals surface area contributed by atoms with Crippen molar-refractivity contribution in [2.45, 2.75) is 6.18 Å². The second kappa shape index (κ2) is 5.46. The number of nitrogens with zero attached hydrogens (tertiary/aromatic N) is 3. The van der Waals surface area contributed by atoms with E-state index in [0.29, 0.717) is 12.1 Å². The maximum Gasteiger partial charge on any atom is 0.416 e. The normalized spacial score (nSPS) is 10.2. The number of aromatic hydroxyl groups is 1. The summed E-state index contributed by atoms with van der Waals surface area (Å²) in [7, 11) is 0. The Balaban J connectivity index is 3.17. The van der Waals surface area contributed by atoms with Crippen molar-refractivity contribution in [3.63, 3.8) is 0 Å². The fourth-order valence-corrected chi connectivity index (χ4v) is 1.31. The molecular weight excluding hydrogens is 285 g/mol. The molecule has 1 rings (SSSR count). The first-order chi connectivity index (χ1) is 8.79. The number of phenols is 1. The van der Waals surface area contributed by atoms with Crippen molar-refractivity contribution in [3.8, 4) is 17.9 Å². The summed E-state index contributed by atoms with van der Waals surface area (Å²) in [6.07, 6.45) is -4.66. The minimum Gasteiger partial charge on any atom is -0.506 e. The molecular formula is C10H4ClF3N4O. The number of anilines is 1. The molecule has 0 spiro atoms. The van der Waals surface area contributed by atoms with Gasteiger partial charge in [0, 0.05) is 0 Å². The average Bonchev–Trinajstić information content (AvgIpc) is 2.31. The van der Waals surface area contributed by atoms with E-state index in [9.17, 15) is 18.3 Å². The number of halogens is 4. The highest BCUT2D eigenvalue weighted by Gasteiger charge is 2.32. The second-order valence-corrected chi connectivity index (χ2v) is 3.55. The zero-order valence-corrected chi connectivity index (χ0v) is 9.71. The Morgan fingerprint density at radius 2 is 1.89 bits per heavy atom. The predicted molar refractivity (Wildman–Crippen MR) is 60.4 cm³/mol. The second-order valence-electron chi connectivity index (χ2n) is 3.15. The van der Waals surface area contributed by atoms with Gasteiger partial charge in [-0.3, -0.25) is 5.43 Å². The maximum absolute atomic E-state index is 12.4. The summed E-state index contributed by atoms with van der Waals surface area (Å²) in [6.45, 7) is 0. The standard InChI is InChI=1S/C10H4ClF3N4O/c11-7-1-5(10(12,13)14)2-8(19)9(7)18-17-6(3-15)4-16/h1-2,18-19H. The lowest BCUT2D eigenvalue weighted by molar-refractivity contribution is -0.137. The quantitative estimate of drug-likeness (QED) is 0.497. The lowest BCUT2D eigenvalue weighted by atomic mass is 10.2. The molecule has 0 amide bonds. The van der Waals surface area contributed by atoms with Crippen LogP contribution in [0.1, 0.15) is 5.56 Å². The summed E-state index contributed by atoms with van der Waals surface area (Å²) < 4.78 is 37.2. The molecule has 0 aliphatic rings. The van der Waals surface area contributed by atoms with Gasteiger partial charge in [-0.25, -0.2) is 0 Å². The highest BCUT2D eigenvalue weighted by atomic mass is 35.5. The fraction of sp³-hybridized carbons (Fsp3) is 0.100. The lowest BCUT2D eigenvalue weighted by Crippen LogP contribution is -2.05. The van der Waals surface area contributed by atoms with Crippen molar-refractivity contribution in [2.24, 2.45) is 5.10 Å². The number of phenolic OH excluding ortho intramolecular Hbond substituents is 1. The van der Waals surface area contributed by atoms with Crippen LogP contribution >= 0.6 is 11.6 Å². The van der Waals surface area contributed by atoms with Gasteiger partial charge in [-0.2, -0.15) is 28.8 Å². The molecule has 0 fully saturated rings. The van der Waals surface area contributed by atoms with Crippen LogP contribution in [0, 0.1) is 22.7 Å². The van der Waals surface area contributed by atoms with Crippen molar-refractivity contribution >= 4 is 23.0 Å². The van der Waals surface area contributed by atoms with Gasteiger partial charge in [-0.05, 0) is 12.1 Å². The molecule has 2 N–H and O–H groups in total. The molecule has 1 aromatic rings. The van der Waals surface area contributed by atoms with Crippen molar-refractivity contribution in [3.05, 3.63) is 22.7 Å². The number of hydrogen-bond acceptors (Lipinski definition) is 5. The fourth-order valence-electron chi connectivity index (χ4n) is 1.05. The van der Waals surface area contributed by atoms with E-state index in [1.54, 1.807) is 0 Å². The van der Waals surface area contributed by atoms with Gasteiger partial charge in [0.15, 0.2) is 0 Å². The molecule has 0 heterocycles. The molecule has 9 heteroatoms. The number of benzene rings is 1. The lowest BCUT2D eigenvalue weighted by Gasteiger charge is -2.11. The summed E-state index contributed by atoms with van der Waals surface area (Å²) in [6, 6.07) is 3.86. The number of nitrogens with one attached hydrogen (secondary N) is 1. The minimum atomic E-state index is -4.66. The summed E-state index contributed by atoms with van der Waals surface area (Å²) in [4.78, 5) is 0. The topological polar surface area (TPSA) is 92.2 Å². The van der Waals surface area contributed by atoms with E-state index in [-0.39, 0.29) is 5.69 Å². The Morgan fingerprint density at radius 3 is 2.32 bits per heavy atom. The molecule has 5 nitrogen and oxygen atoms in total. The number of hydrazone groups is 1. The number of alkyl halides is 3. The third-order valence-corrected chi connectivity index (χ3v) is 2.19. The number of rotatable bonds is 2. The maximum atomic E-state index is 12.4. The Labute approximate surface area is 110 Å². The molecule has 0 saturated heterocycles. The van der Waals surface area contributed by atoms with E-state index in [1.165, 1.54) is 12.1 Å². The monoisotopic (exact) mass is 288 g/mol. The van der Waals surface area contributed by atoms with Gasteiger partial charge in [0.2, 0.25) is 5.71 Å². The summed E-state index contributed by atoms with van der Waals surface area (Å²) in [5.41, 5.74) is 0.0123. The van der Waals surface area contributed by atoms with E-state index in [4.69, 9.17) is 22.1 Å². The molecule has 0 aliphatic heterocycles. The van der Waals surface area contributed by atoms with Crippen LogP contribution < -0.4 is 5.43 Å². The van der Waals surface area contributed by atoms with Crippen molar-refractivity contribution in [1.29, 1.82) is 10.5 Å². The molecule has 98 valence electrons. The smallest absolute Gasteiger partial charge is 0.416 e. The first-order valence-electron chi connectivity index (χ1n) is 4.53. The molecule has 0 aromatic heterocycles. The first-order valence-corrected chi connectivity index (χ1v) is 4.91. The molecule has 0 saturated carbocycles. The Bertz CT molecular complexity index is 574. The average molecular weight is 289 g/mol. The Hall–Kier alpha value is -2.45. The van der Waals surface area contributed by atoms with Gasteiger partial charge in [0.05, 0.1) is 10.6 Å². The Morgan fingerprint density at radius 1 is 1.32 bits per heavy atom.